The third-order valence-corrected chi connectivity index (χ3v) is 1.76. The average Bonchev–Trinajstić information content (AvgIpc) is 2.10. The van der Waals surface area contributed by atoms with Crippen molar-refractivity contribution in [3.8, 4) is 0 Å². The van der Waals surface area contributed by atoms with E-state index in [2.05, 4.69) is 0 Å². The van der Waals surface area contributed by atoms with Gasteiger partial charge in [0.1, 0.15) is 0 Å². The number of rotatable bonds is 1. The first-order valence-corrected chi connectivity index (χ1v) is 3.14. The Hall–Kier alpha value is -0.260. The molecule has 1 rings (SSSR count). The van der Waals surface area contributed by atoms with Crippen molar-refractivity contribution >= 4 is 0 Å². The van der Waals surface area contributed by atoms with E-state index in [1.165, 1.54) is 5.01 Å². The molecule has 0 spiro atoms. The number of nitrogens with zero attached hydrogens (tertiary/aromatic N) is 1. The molecule has 4 N–H and O–H groups in total. The van der Waals surface area contributed by atoms with Crippen LogP contribution >= 0.6 is 0 Å². The van der Waals surface area contributed by atoms with Crippen molar-refractivity contribution in [2.75, 3.05) is 13.1 Å². The third-order valence-electron chi connectivity index (χ3n) is 1.76. The fourth-order valence-corrected chi connectivity index (χ4v) is 1.15. The molecule has 60 valence electrons. The van der Waals surface area contributed by atoms with Gasteiger partial charge in [-0.25, -0.2) is 13.8 Å². The summed E-state index contributed by atoms with van der Waals surface area (Å²) in [6.45, 7) is 0.577. The van der Waals surface area contributed by atoms with Crippen LogP contribution in [-0.4, -0.2) is 30.6 Å². The Kier molecular flexibility index (Phi) is 2.18. The molecule has 0 aromatic rings. The molecular formula is C5H11F2N3. The molecule has 10 heavy (non-hydrogen) atoms. The molecule has 1 fully saturated rings. The normalized spacial score (nSPS) is 35.7. The number of hydrogen-bond donors (Lipinski definition) is 2. The monoisotopic (exact) mass is 151 g/mol. The lowest BCUT2D eigenvalue weighted by atomic mass is 10.1. The fraction of sp³-hybridized carbons (Fsp3) is 1.00. The summed E-state index contributed by atoms with van der Waals surface area (Å²) in [4.78, 5) is 0. The fourth-order valence-electron chi connectivity index (χ4n) is 1.15. The van der Waals surface area contributed by atoms with E-state index in [0.29, 0.717) is 6.54 Å². The number of hydrogen-bond acceptors (Lipinski definition) is 3. The predicted molar refractivity (Wildman–Crippen MR) is 33.2 cm³/mol. The number of nitrogens with two attached hydrogens (primary N) is 2. The van der Waals surface area contributed by atoms with Gasteiger partial charge in [-0.05, 0) is 0 Å². The first-order valence-electron chi connectivity index (χ1n) is 3.14. The summed E-state index contributed by atoms with van der Waals surface area (Å²) in [7, 11) is 0. The van der Waals surface area contributed by atoms with Crippen LogP contribution in [0.25, 0.3) is 0 Å². The zero-order valence-electron chi connectivity index (χ0n) is 5.50. The van der Waals surface area contributed by atoms with Gasteiger partial charge in [-0.1, -0.05) is 0 Å². The van der Waals surface area contributed by atoms with Crippen LogP contribution < -0.4 is 11.6 Å². The molecular weight excluding hydrogens is 140 g/mol. The lowest BCUT2D eigenvalue weighted by Gasteiger charge is -2.11. The van der Waals surface area contributed by atoms with Gasteiger partial charge in [0.25, 0.3) is 0 Å². The summed E-state index contributed by atoms with van der Waals surface area (Å²) >= 11 is 0. The molecule has 1 aliphatic heterocycles. The number of alkyl halides is 2. The predicted octanol–water partition coefficient (Wildman–Crippen LogP) is -0.616. The van der Waals surface area contributed by atoms with Crippen molar-refractivity contribution in [2.45, 2.75) is 12.5 Å². The molecule has 3 nitrogen and oxygen atoms in total. The van der Waals surface area contributed by atoms with Gasteiger partial charge >= 0.3 is 0 Å². The van der Waals surface area contributed by atoms with Gasteiger partial charge in [0, 0.05) is 19.1 Å². The van der Waals surface area contributed by atoms with Crippen LogP contribution in [0, 0.1) is 5.92 Å². The largest absolute Gasteiger partial charge is 0.326 e. The number of hydrazine groups is 1. The van der Waals surface area contributed by atoms with E-state index in [-0.39, 0.29) is 6.54 Å². The van der Waals surface area contributed by atoms with E-state index < -0.39 is 18.4 Å². The van der Waals surface area contributed by atoms with E-state index in [0.717, 1.165) is 0 Å². The molecule has 2 atom stereocenters. The second kappa shape index (κ2) is 2.77. The van der Waals surface area contributed by atoms with Crippen LogP contribution in [-0.2, 0) is 0 Å². The van der Waals surface area contributed by atoms with Crippen LogP contribution in [0.3, 0.4) is 0 Å². The van der Waals surface area contributed by atoms with Crippen molar-refractivity contribution < 1.29 is 8.78 Å². The van der Waals surface area contributed by atoms with E-state index in [9.17, 15) is 8.78 Å². The highest BCUT2D eigenvalue weighted by atomic mass is 19.3. The first-order chi connectivity index (χ1) is 4.61. The van der Waals surface area contributed by atoms with Crippen LogP contribution in [0.15, 0.2) is 0 Å². The maximum absolute atomic E-state index is 12.0. The van der Waals surface area contributed by atoms with Crippen molar-refractivity contribution in [2.24, 2.45) is 17.5 Å². The van der Waals surface area contributed by atoms with E-state index in [4.69, 9.17) is 11.6 Å². The Morgan fingerprint density at radius 1 is 1.40 bits per heavy atom. The summed E-state index contributed by atoms with van der Waals surface area (Å²) < 4.78 is 24.0. The minimum Gasteiger partial charge on any atom is -0.326 e. The number of halogens is 2. The van der Waals surface area contributed by atoms with E-state index in [1.54, 1.807) is 0 Å². The molecule has 0 radical (unpaired) electrons. The average molecular weight is 151 g/mol. The highest BCUT2D eigenvalue weighted by molar-refractivity contribution is 4.85. The summed E-state index contributed by atoms with van der Waals surface area (Å²) in [6.07, 6.45) is -2.34. The van der Waals surface area contributed by atoms with Gasteiger partial charge in [0.15, 0.2) is 0 Å². The lowest BCUT2D eigenvalue weighted by Crippen LogP contribution is -2.33. The molecule has 0 aromatic heterocycles. The summed E-state index contributed by atoms with van der Waals surface area (Å²) in [6, 6.07) is -0.468. The standard InChI is InChI=1S/C5H11F2N3/c6-5(7)3-1-10(9)2-4(3)8/h3-5H,1-2,8-9H2. The Bertz CT molecular complexity index is 119. The molecule has 5 heteroatoms. The van der Waals surface area contributed by atoms with Crippen LogP contribution in [0.2, 0.25) is 0 Å². The van der Waals surface area contributed by atoms with Crippen molar-refractivity contribution in [3.63, 3.8) is 0 Å². The van der Waals surface area contributed by atoms with Gasteiger partial charge < -0.3 is 5.73 Å². The molecule has 1 saturated heterocycles. The molecule has 0 amide bonds. The molecule has 1 aliphatic rings. The molecule has 1 heterocycles. The minimum absolute atomic E-state index is 0.207. The Morgan fingerprint density at radius 3 is 2.20 bits per heavy atom. The zero-order chi connectivity index (χ0) is 7.72. The quantitative estimate of drug-likeness (QED) is 0.491. The van der Waals surface area contributed by atoms with Crippen LogP contribution in [0.4, 0.5) is 8.78 Å². The van der Waals surface area contributed by atoms with Crippen molar-refractivity contribution in [3.05, 3.63) is 0 Å². The van der Waals surface area contributed by atoms with Gasteiger partial charge in [-0.15, -0.1) is 0 Å². The van der Waals surface area contributed by atoms with Crippen molar-refractivity contribution in [1.29, 1.82) is 0 Å². The Morgan fingerprint density at radius 2 is 2.00 bits per heavy atom. The first kappa shape index (κ1) is 7.84. The third kappa shape index (κ3) is 1.42. The topological polar surface area (TPSA) is 55.3 Å². The maximum Gasteiger partial charge on any atom is 0.244 e. The smallest absolute Gasteiger partial charge is 0.244 e. The van der Waals surface area contributed by atoms with Crippen LogP contribution in [0.5, 0.6) is 0 Å². The van der Waals surface area contributed by atoms with Gasteiger partial charge in [-0.3, -0.25) is 5.84 Å². The van der Waals surface area contributed by atoms with Crippen molar-refractivity contribution in [1.82, 2.24) is 5.01 Å². The molecule has 0 aliphatic carbocycles. The Labute approximate surface area is 57.9 Å². The Balaban J connectivity index is 2.46. The maximum atomic E-state index is 12.0. The summed E-state index contributed by atoms with van der Waals surface area (Å²) in [5.74, 6) is 4.53. The lowest BCUT2D eigenvalue weighted by molar-refractivity contribution is 0.0746. The molecule has 0 aromatic carbocycles. The molecule has 0 bridgehead atoms. The van der Waals surface area contributed by atoms with E-state index in [1.807, 2.05) is 0 Å². The second-order valence-corrected chi connectivity index (χ2v) is 2.62. The molecule has 0 saturated carbocycles. The SMILES string of the molecule is NC1CN(N)CC1C(F)F. The molecule has 2 unspecified atom stereocenters. The minimum atomic E-state index is -2.34. The second-order valence-electron chi connectivity index (χ2n) is 2.62. The summed E-state index contributed by atoms with van der Waals surface area (Å²) in [5.41, 5.74) is 5.37. The highest BCUT2D eigenvalue weighted by Gasteiger charge is 2.34. The van der Waals surface area contributed by atoms with Gasteiger partial charge in [0.2, 0.25) is 6.43 Å². The zero-order valence-corrected chi connectivity index (χ0v) is 5.50. The van der Waals surface area contributed by atoms with Gasteiger partial charge in [0.05, 0.1) is 5.92 Å². The van der Waals surface area contributed by atoms with Gasteiger partial charge in [-0.2, -0.15) is 0 Å². The van der Waals surface area contributed by atoms with Crippen LogP contribution in [0.1, 0.15) is 0 Å². The highest BCUT2D eigenvalue weighted by Crippen LogP contribution is 2.19. The summed E-state index contributed by atoms with van der Waals surface area (Å²) in [5, 5.41) is 1.33. The van der Waals surface area contributed by atoms with E-state index >= 15 is 0 Å².